The van der Waals surface area contributed by atoms with E-state index >= 15 is 0 Å². The van der Waals surface area contributed by atoms with Gasteiger partial charge in [0, 0.05) is 31.5 Å². The van der Waals surface area contributed by atoms with Crippen molar-refractivity contribution in [3.8, 4) is 5.75 Å². The number of fused-ring (bicyclic) bond motifs is 1. The molecule has 1 aliphatic heterocycles. The van der Waals surface area contributed by atoms with E-state index in [1.807, 2.05) is 12.1 Å². The van der Waals surface area contributed by atoms with Gasteiger partial charge >= 0.3 is 0 Å². The topological polar surface area (TPSA) is 29.4 Å². The Kier molecular flexibility index (Phi) is 5.41. The van der Waals surface area contributed by atoms with E-state index in [9.17, 15) is 0 Å². The first-order chi connectivity index (χ1) is 11.7. The van der Waals surface area contributed by atoms with Crippen molar-refractivity contribution < 1.29 is 4.74 Å². The number of nitrogens with one attached hydrogen (secondary N) is 1. The predicted octanol–water partition coefficient (Wildman–Crippen LogP) is 3.58. The van der Waals surface area contributed by atoms with Crippen LogP contribution in [-0.2, 0) is 6.54 Å². The zero-order valence-electron chi connectivity index (χ0n) is 14.4. The van der Waals surface area contributed by atoms with Crippen molar-refractivity contribution in [2.24, 2.45) is 0 Å². The normalized spacial score (nSPS) is 16.6. The summed E-state index contributed by atoms with van der Waals surface area (Å²) < 4.78 is 7.61. The van der Waals surface area contributed by atoms with Crippen LogP contribution in [0.25, 0.3) is 0 Å². The van der Waals surface area contributed by atoms with Crippen molar-refractivity contribution in [3.05, 3.63) is 53.9 Å². The van der Waals surface area contributed by atoms with Gasteiger partial charge in [-0.2, -0.15) is 0 Å². The number of unbranched alkanes of at least 4 members (excludes halogenated alkanes) is 1. The molecule has 0 bridgehead atoms. The zero-order chi connectivity index (χ0) is 16.9. The lowest BCUT2D eigenvalue weighted by atomic mass is 10.00. The molecular formula is C19H25N3OS. The van der Waals surface area contributed by atoms with Crippen LogP contribution >= 0.6 is 12.2 Å². The molecule has 0 saturated carbocycles. The molecule has 24 heavy (non-hydrogen) atoms. The lowest BCUT2D eigenvalue weighted by Crippen LogP contribution is -2.47. The highest BCUT2D eigenvalue weighted by molar-refractivity contribution is 7.80. The van der Waals surface area contributed by atoms with Crippen molar-refractivity contribution in [2.45, 2.75) is 32.4 Å². The molecule has 1 aliphatic rings. The van der Waals surface area contributed by atoms with E-state index in [0.717, 1.165) is 36.9 Å². The molecule has 5 heteroatoms. The summed E-state index contributed by atoms with van der Waals surface area (Å²) >= 11 is 5.70. The molecule has 0 radical (unpaired) electrons. The summed E-state index contributed by atoms with van der Waals surface area (Å²) in [6.45, 7) is 5.00. The van der Waals surface area contributed by atoms with Crippen LogP contribution in [0.5, 0.6) is 5.75 Å². The lowest BCUT2D eigenvalue weighted by molar-refractivity contribution is 0.286. The number of hydrogen-bond acceptors (Lipinski definition) is 2. The second-order valence-corrected chi connectivity index (χ2v) is 6.47. The van der Waals surface area contributed by atoms with Gasteiger partial charge in [-0.05, 0) is 48.5 Å². The van der Waals surface area contributed by atoms with Crippen molar-refractivity contribution in [1.29, 1.82) is 0 Å². The Bertz CT molecular complexity index is 680. The number of rotatable bonds is 5. The smallest absolute Gasteiger partial charge is 0.169 e. The number of ether oxygens (including phenoxy) is 1. The number of aromatic nitrogens is 1. The monoisotopic (exact) mass is 343 g/mol. The minimum atomic E-state index is 0.140. The maximum Gasteiger partial charge on any atom is 0.169 e. The average Bonchev–Trinajstić information content (AvgIpc) is 3.10. The number of benzene rings is 1. The number of hydrogen-bond donors (Lipinski definition) is 1. The van der Waals surface area contributed by atoms with Crippen LogP contribution in [0.4, 0.5) is 0 Å². The molecule has 0 fully saturated rings. The van der Waals surface area contributed by atoms with Crippen molar-refractivity contribution in [1.82, 2.24) is 14.8 Å². The first kappa shape index (κ1) is 16.8. The SMILES string of the molecule is CCCCNC(=S)N1CCn2cccc2C1c1ccc(OC)cc1. The van der Waals surface area contributed by atoms with E-state index in [0.29, 0.717) is 0 Å². The van der Waals surface area contributed by atoms with Crippen LogP contribution in [0.2, 0.25) is 0 Å². The minimum absolute atomic E-state index is 0.140. The van der Waals surface area contributed by atoms with Gasteiger partial charge in [-0.25, -0.2) is 0 Å². The predicted molar refractivity (Wildman–Crippen MR) is 101 cm³/mol. The van der Waals surface area contributed by atoms with Crippen LogP contribution in [0, 0.1) is 0 Å². The van der Waals surface area contributed by atoms with Gasteiger partial charge in [0.1, 0.15) is 5.75 Å². The van der Waals surface area contributed by atoms with Gasteiger partial charge in [0.15, 0.2) is 5.11 Å². The highest BCUT2D eigenvalue weighted by Gasteiger charge is 2.30. The van der Waals surface area contributed by atoms with Crippen LogP contribution < -0.4 is 10.1 Å². The molecule has 1 unspecified atom stereocenters. The van der Waals surface area contributed by atoms with E-state index in [2.05, 4.69) is 52.2 Å². The summed E-state index contributed by atoms with van der Waals surface area (Å²) in [5.41, 5.74) is 2.51. The van der Waals surface area contributed by atoms with E-state index < -0.39 is 0 Å². The van der Waals surface area contributed by atoms with Gasteiger partial charge in [0.05, 0.1) is 13.2 Å². The molecule has 1 atom stereocenters. The molecule has 1 N–H and O–H groups in total. The van der Waals surface area contributed by atoms with Gasteiger partial charge < -0.3 is 19.5 Å². The third kappa shape index (κ3) is 3.41. The summed E-state index contributed by atoms with van der Waals surface area (Å²) in [6, 6.07) is 12.7. The van der Waals surface area contributed by atoms with Crippen LogP contribution in [0.15, 0.2) is 42.6 Å². The van der Waals surface area contributed by atoms with E-state index in [4.69, 9.17) is 17.0 Å². The first-order valence-electron chi connectivity index (χ1n) is 8.58. The van der Waals surface area contributed by atoms with Crippen LogP contribution in [-0.4, -0.2) is 34.8 Å². The Morgan fingerprint density at radius 1 is 1.25 bits per heavy atom. The summed E-state index contributed by atoms with van der Waals surface area (Å²) in [5, 5.41) is 4.27. The first-order valence-corrected chi connectivity index (χ1v) is 8.99. The molecule has 0 amide bonds. The molecule has 3 rings (SSSR count). The number of nitrogens with zero attached hydrogens (tertiary/aromatic N) is 2. The summed E-state index contributed by atoms with van der Waals surface area (Å²) in [6.07, 6.45) is 4.45. The summed E-state index contributed by atoms with van der Waals surface area (Å²) in [7, 11) is 1.69. The quantitative estimate of drug-likeness (QED) is 0.664. The fourth-order valence-electron chi connectivity index (χ4n) is 3.21. The second-order valence-electron chi connectivity index (χ2n) is 6.08. The molecule has 1 aromatic heterocycles. The molecular weight excluding hydrogens is 318 g/mol. The maximum atomic E-state index is 5.70. The molecule has 0 aliphatic carbocycles. The third-order valence-electron chi connectivity index (χ3n) is 4.54. The zero-order valence-corrected chi connectivity index (χ0v) is 15.2. The average molecular weight is 343 g/mol. The van der Waals surface area contributed by atoms with Crippen LogP contribution in [0.1, 0.15) is 37.1 Å². The fraction of sp³-hybridized carbons (Fsp3) is 0.421. The standard InChI is InChI=1S/C19H25N3OS/c1-3-4-11-20-19(24)22-14-13-21-12-5-6-17(21)18(22)15-7-9-16(23-2)10-8-15/h5-10,12,18H,3-4,11,13-14H2,1-2H3,(H,20,24). The Hall–Kier alpha value is -2.01. The Morgan fingerprint density at radius 3 is 2.75 bits per heavy atom. The third-order valence-corrected chi connectivity index (χ3v) is 4.92. The highest BCUT2D eigenvalue weighted by Crippen LogP contribution is 2.33. The molecule has 2 aromatic rings. The van der Waals surface area contributed by atoms with Crippen molar-refractivity contribution in [2.75, 3.05) is 20.2 Å². The van der Waals surface area contributed by atoms with Gasteiger partial charge in [0.2, 0.25) is 0 Å². The number of thiocarbonyl (C=S) groups is 1. The maximum absolute atomic E-state index is 5.70. The molecule has 2 heterocycles. The Balaban J connectivity index is 1.88. The number of methoxy groups -OCH3 is 1. The van der Waals surface area contributed by atoms with Gasteiger partial charge in [-0.1, -0.05) is 25.5 Å². The van der Waals surface area contributed by atoms with E-state index in [1.54, 1.807) is 7.11 Å². The Labute approximate surface area is 149 Å². The Morgan fingerprint density at radius 2 is 2.04 bits per heavy atom. The molecule has 128 valence electrons. The summed E-state index contributed by atoms with van der Waals surface area (Å²) in [4.78, 5) is 2.31. The lowest BCUT2D eigenvalue weighted by Gasteiger charge is -2.39. The van der Waals surface area contributed by atoms with Gasteiger partial charge in [-0.15, -0.1) is 0 Å². The van der Waals surface area contributed by atoms with E-state index in [1.165, 1.54) is 17.7 Å². The van der Waals surface area contributed by atoms with Crippen LogP contribution in [0.3, 0.4) is 0 Å². The van der Waals surface area contributed by atoms with Crippen molar-refractivity contribution in [3.63, 3.8) is 0 Å². The second kappa shape index (κ2) is 7.71. The fourth-order valence-corrected chi connectivity index (χ4v) is 3.51. The molecule has 1 aromatic carbocycles. The largest absolute Gasteiger partial charge is 0.497 e. The summed E-state index contributed by atoms with van der Waals surface area (Å²) in [5.74, 6) is 0.875. The van der Waals surface area contributed by atoms with E-state index in [-0.39, 0.29) is 6.04 Å². The van der Waals surface area contributed by atoms with Gasteiger partial charge in [-0.3, -0.25) is 0 Å². The van der Waals surface area contributed by atoms with Crippen molar-refractivity contribution >= 4 is 17.3 Å². The highest BCUT2D eigenvalue weighted by atomic mass is 32.1. The minimum Gasteiger partial charge on any atom is -0.497 e. The molecule has 0 spiro atoms. The molecule has 4 nitrogen and oxygen atoms in total. The van der Waals surface area contributed by atoms with Gasteiger partial charge in [0.25, 0.3) is 0 Å². The molecule has 0 saturated heterocycles.